The summed E-state index contributed by atoms with van der Waals surface area (Å²) in [6, 6.07) is 5.49. The van der Waals surface area contributed by atoms with Crippen LogP contribution in [0.15, 0.2) is 30.6 Å². The summed E-state index contributed by atoms with van der Waals surface area (Å²) < 4.78 is 14.5. The molecule has 38 heavy (non-hydrogen) atoms. The van der Waals surface area contributed by atoms with Gasteiger partial charge in [0, 0.05) is 69.0 Å². The summed E-state index contributed by atoms with van der Waals surface area (Å²) in [6.45, 7) is 11.1. The first-order valence-corrected chi connectivity index (χ1v) is 13.8. The maximum atomic E-state index is 13.4. The highest BCUT2D eigenvalue weighted by Crippen LogP contribution is 2.28. The van der Waals surface area contributed by atoms with Gasteiger partial charge >= 0.3 is 0 Å². The van der Waals surface area contributed by atoms with Crippen LogP contribution in [-0.4, -0.2) is 101 Å². The lowest BCUT2D eigenvalue weighted by Gasteiger charge is -2.43. The van der Waals surface area contributed by atoms with Gasteiger partial charge in [0.15, 0.2) is 0 Å². The molecule has 0 saturated carbocycles. The number of aromatic nitrogens is 2. The smallest absolute Gasteiger partial charge is 0.225 e. The van der Waals surface area contributed by atoms with Crippen molar-refractivity contribution in [3.63, 3.8) is 0 Å². The van der Waals surface area contributed by atoms with Crippen LogP contribution in [0.3, 0.4) is 0 Å². The molecule has 0 unspecified atom stereocenters. The molecule has 10 heteroatoms. The standard InChI is InChI=1S/C28H40ClN5O4/c1-21(2)27-30-8-10-33(27)9-7-25(35)34-15-16-38-28(19-34,18-26(36)32-13-11-31(4)12-14-32)20-37-23-5-6-24(29)22(3)17-23/h5-6,8,10,17,21H,7,9,11-16,18-20H2,1-4H3/t28-/m0/s1. The summed E-state index contributed by atoms with van der Waals surface area (Å²) in [4.78, 5) is 37.1. The molecule has 0 N–H and O–H groups in total. The number of likely N-dealkylation sites (N-methyl/N-ethyl adjacent to an activating group) is 1. The number of imidazole rings is 1. The molecule has 2 fully saturated rings. The van der Waals surface area contributed by atoms with E-state index in [0.717, 1.165) is 24.5 Å². The van der Waals surface area contributed by atoms with Crippen LogP contribution in [-0.2, 0) is 20.9 Å². The summed E-state index contributed by atoms with van der Waals surface area (Å²) in [6.07, 6.45) is 4.21. The Morgan fingerprint density at radius 1 is 1.13 bits per heavy atom. The average Bonchev–Trinajstić information content (AvgIpc) is 3.38. The first kappa shape index (κ1) is 28.4. The zero-order chi connectivity index (χ0) is 27.3. The molecule has 3 heterocycles. The van der Waals surface area contributed by atoms with Crippen LogP contribution in [0.5, 0.6) is 5.75 Å². The van der Waals surface area contributed by atoms with Crippen molar-refractivity contribution in [2.75, 3.05) is 59.5 Å². The molecule has 2 aromatic rings. The molecular weight excluding hydrogens is 506 g/mol. The summed E-state index contributed by atoms with van der Waals surface area (Å²) in [5.74, 6) is 1.98. The van der Waals surface area contributed by atoms with Gasteiger partial charge in [0.05, 0.1) is 19.6 Å². The van der Waals surface area contributed by atoms with Crippen molar-refractivity contribution in [3.05, 3.63) is 47.0 Å². The van der Waals surface area contributed by atoms with Crippen LogP contribution >= 0.6 is 11.6 Å². The number of piperazine rings is 1. The van der Waals surface area contributed by atoms with Crippen LogP contribution < -0.4 is 4.74 Å². The Kier molecular flexibility index (Phi) is 9.33. The lowest BCUT2D eigenvalue weighted by molar-refractivity contribution is -0.166. The SMILES string of the molecule is Cc1cc(OC[C@]2(CC(=O)N3CCN(C)CC3)CN(C(=O)CCn3ccnc3C(C)C)CCO2)ccc1Cl. The van der Waals surface area contributed by atoms with Crippen molar-refractivity contribution in [3.8, 4) is 5.75 Å². The minimum Gasteiger partial charge on any atom is -0.490 e. The average molecular weight is 546 g/mol. The van der Waals surface area contributed by atoms with E-state index in [1.165, 1.54) is 0 Å². The zero-order valence-corrected chi connectivity index (χ0v) is 23.7. The number of rotatable bonds is 9. The first-order valence-electron chi connectivity index (χ1n) is 13.4. The van der Waals surface area contributed by atoms with Gasteiger partial charge in [-0.15, -0.1) is 0 Å². The fourth-order valence-electron chi connectivity index (χ4n) is 5.05. The Morgan fingerprint density at radius 3 is 2.61 bits per heavy atom. The highest BCUT2D eigenvalue weighted by atomic mass is 35.5. The number of morpholine rings is 1. The number of ether oxygens (including phenoxy) is 2. The number of carbonyl (C=O) groups excluding carboxylic acids is 2. The summed E-state index contributed by atoms with van der Waals surface area (Å²) >= 11 is 6.19. The molecule has 1 atom stereocenters. The predicted octanol–water partition coefficient (Wildman–Crippen LogP) is 3.20. The Balaban J connectivity index is 1.46. The second-order valence-electron chi connectivity index (χ2n) is 10.8. The van der Waals surface area contributed by atoms with Crippen LogP contribution in [0.1, 0.15) is 44.0 Å². The number of aryl methyl sites for hydroxylation is 2. The van der Waals surface area contributed by atoms with Gasteiger partial charge in [-0.05, 0) is 37.7 Å². The fraction of sp³-hybridized carbons (Fsp3) is 0.607. The van der Waals surface area contributed by atoms with Gasteiger partial charge in [0.25, 0.3) is 0 Å². The van der Waals surface area contributed by atoms with Crippen LogP contribution in [0, 0.1) is 6.92 Å². The van der Waals surface area contributed by atoms with Gasteiger partial charge < -0.3 is 28.7 Å². The molecule has 0 aliphatic carbocycles. The van der Waals surface area contributed by atoms with E-state index in [-0.39, 0.29) is 30.8 Å². The molecule has 208 valence electrons. The third-order valence-corrected chi connectivity index (χ3v) is 7.82. The van der Waals surface area contributed by atoms with Crippen molar-refractivity contribution in [2.45, 2.75) is 51.7 Å². The third-order valence-electron chi connectivity index (χ3n) is 7.39. The molecule has 1 aromatic carbocycles. The molecular formula is C28H40ClN5O4. The molecule has 2 aliphatic rings. The summed E-state index contributed by atoms with van der Waals surface area (Å²) in [7, 11) is 2.06. The number of nitrogens with zero attached hydrogens (tertiary/aromatic N) is 5. The van der Waals surface area contributed by atoms with E-state index in [0.29, 0.717) is 56.5 Å². The lowest BCUT2D eigenvalue weighted by Crippen LogP contribution is -2.59. The van der Waals surface area contributed by atoms with Crippen molar-refractivity contribution in [1.82, 2.24) is 24.3 Å². The van der Waals surface area contributed by atoms with E-state index in [4.69, 9.17) is 21.1 Å². The van der Waals surface area contributed by atoms with Crippen molar-refractivity contribution < 1.29 is 19.1 Å². The minimum atomic E-state index is -0.931. The number of carbonyl (C=O) groups is 2. The maximum absolute atomic E-state index is 13.4. The monoisotopic (exact) mass is 545 g/mol. The molecule has 2 amide bonds. The van der Waals surface area contributed by atoms with Gasteiger partial charge in [-0.2, -0.15) is 0 Å². The highest BCUT2D eigenvalue weighted by Gasteiger charge is 2.42. The van der Waals surface area contributed by atoms with Gasteiger partial charge in [-0.3, -0.25) is 9.59 Å². The van der Waals surface area contributed by atoms with Crippen LogP contribution in [0.25, 0.3) is 0 Å². The number of benzene rings is 1. The van der Waals surface area contributed by atoms with Crippen molar-refractivity contribution in [1.29, 1.82) is 0 Å². The van der Waals surface area contributed by atoms with E-state index in [9.17, 15) is 9.59 Å². The molecule has 0 radical (unpaired) electrons. The normalized spacial score (nSPS) is 20.7. The maximum Gasteiger partial charge on any atom is 0.225 e. The van der Waals surface area contributed by atoms with E-state index in [2.05, 4.69) is 30.8 Å². The Morgan fingerprint density at radius 2 is 1.89 bits per heavy atom. The van der Waals surface area contributed by atoms with E-state index in [1.54, 1.807) is 12.3 Å². The van der Waals surface area contributed by atoms with Gasteiger partial charge in [0.2, 0.25) is 11.8 Å². The van der Waals surface area contributed by atoms with Gasteiger partial charge in [-0.25, -0.2) is 4.98 Å². The van der Waals surface area contributed by atoms with E-state index < -0.39 is 5.60 Å². The third kappa shape index (κ3) is 7.07. The molecule has 1 aromatic heterocycles. The van der Waals surface area contributed by atoms with Gasteiger partial charge in [-0.1, -0.05) is 25.4 Å². The predicted molar refractivity (Wildman–Crippen MR) is 147 cm³/mol. The van der Waals surface area contributed by atoms with Crippen molar-refractivity contribution >= 4 is 23.4 Å². The van der Waals surface area contributed by atoms with Crippen molar-refractivity contribution in [2.24, 2.45) is 0 Å². The second-order valence-corrected chi connectivity index (χ2v) is 11.2. The number of amides is 2. The molecule has 0 bridgehead atoms. The molecule has 0 spiro atoms. The first-order chi connectivity index (χ1) is 18.2. The van der Waals surface area contributed by atoms with Crippen LogP contribution in [0.2, 0.25) is 5.02 Å². The minimum absolute atomic E-state index is 0.0308. The Labute approximate surface area is 230 Å². The highest BCUT2D eigenvalue weighted by molar-refractivity contribution is 6.31. The van der Waals surface area contributed by atoms with E-state index >= 15 is 0 Å². The Bertz CT molecular complexity index is 1110. The topological polar surface area (TPSA) is 80.1 Å². The van der Waals surface area contributed by atoms with Gasteiger partial charge in [0.1, 0.15) is 23.8 Å². The Hall–Kier alpha value is -2.62. The molecule has 4 rings (SSSR count). The summed E-state index contributed by atoms with van der Waals surface area (Å²) in [5.41, 5.74) is -0.0201. The number of hydrogen-bond donors (Lipinski definition) is 0. The number of hydrogen-bond acceptors (Lipinski definition) is 6. The largest absolute Gasteiger partial charge is 0.490 e. The molecule has 9 nitrogen and oxygen atoms in total. The lowest BCUT2D eigenvalue weighted by atomic mass is 9.96. The number of halogens is 1. The van der Waals surface area contributed by atoms with E-state index in [1.807, 2.05) is 39.6 Å². The quantitative estimate of drug-likeness (QED) is 0.481. The molecule has 2 saturated heterocycles. The second kappa shape index (κ2) is 12.5. The molecule has 2 aliphatic heterocycles. The zero-order valence-electron chi connectivity index (χ0n) is 23.0. The van der Waals surface area contributed by atoms with Crippen LogP contribution in [0.4, 0.5) is 0 Å². The fourth-order valence-corrected chi connectivity index (χ4v) is 5.17. The summed E-state index contributed by atoms with van der Waals surface area (Å²) in [5, 5.41) is 0.668.